The molecule has 1 saturated heterocycles. The van der Waals surface area contributed by atoms with E-state index in [0.29, 0.717) is 18.0 Å². The van der Waals surface area contributed by atoms with Crippen molar-refractivity contribution in [3.63, 3.8) is 0 Å². The van der Waals surface area contributed by atoms with Crippen molar-refractivity contribution in [2.24, 2.45) is 5.92 Å². The summed E-state index contributed by atoms with van der Waals surface area (Å²) in [6, 6.07) is 6.02. The number of carbonyl (C=O) groups is 1. The molecule has 1 fully saturated rings. The minimum atomic E-state index is -0.436. The molecule has 3 nitrogen and oxygen atoms in total. The van der Waals surface area contributed by atoms with E-state index in [1.807, 2.05) is 0 Å². The number of likely N-dealkylation sites (tertiary alicyclic amines) is 1. The van der Waals surface area contributed by atoms with Crippen molar-refractivity contribution < 1.29 is 9.18 Å². The molecular weight excluding hydrogens is 347 g/mol. The van der Waals surface area contributed by atoms with E-state index in [9.17, 15) is 9.18 Å². The number of hydrogen-bond acceptors (Lipinski definition) is 3. The lowest BCUT2D eigenvalue weighted by Crippen LogP contribution is -2.38. The quantitative estimate of drug-likeness (QED) is 0.860. The van der Waals surface area contributed by atoms with E-state index in [1.165, 1.54) is 23.8 Å². The van der Waals surface area contributed by atoms with E-state index in [2.05, 4.69) is 27.0 Å². The Balaban J connectivity index is 1.44. The lowest BCUT2D eigenvalue weighted by molar-refractivity contribution is 0.0935. The summed E-state index contributed by atoms with van der Waals surface area (Å²) < 4.78 is 13.0. The highest BCUT2D eigenvalue weighted by atomic mass is 35.5. The highest BCUT2D eigenvalue weighted by Gasteiger charge is 2.20. The van der Waals surface area contributed by atoms with E-state index in [0.717, 1.165) is 32.5 Å². The molecule has 1 aromatic carbocycles. The second-order valence-corrected chi connectivity index (χ2v) is 7.37. The molecule has 1 aliphatic heterocycles. The molecule has 0 bridgehead atoms. The van der Waals surface area contributed by atoms with Gasteiger partial charge in [0.25, 0.3) is 5.91 Å². The zero-order chi connectivity index (χ0) is 16.9. The standard InChI is InChI=1S/C18H20ClFN2OS/c19-17-9-15(20)1-2-16(17)18(23)21-10-13-3-6-22(7-4-13)11-14-5-8-24-12-14/h1-2,5,8-9,12-13H,3-4,6-7,10-11H2,(H,21,23). The first kappa shape index (κ1) is 17.4. The van der Waals surface area contributed by atoms with Crippen molar-refractivity contribution >= 4 is 28.8 Å². The first-order valence-electron chi connectivity index (χ1n) is 8.08. The summed E-state index contributed by atoms with van der Waals surface area (Å²) in [4.78, 5) is 14.6. The molecule has 2 heterocycles. The highest BCUT2D eigenvalue weighted by molar-refractivity contribution is 7.07. The van der Waals surface area contributed by atoms with Gasteiger partial charge < -0.3 is 5.32 Å². The number of carbonyl (C=O) groups excluding carboxylic acids is 1. The predicted octanol–water partition coefficient (Wildman–Crippen LogP) is 4.18. The normalized spacial score (nSPS) is 16.2. The molecule has 2 aromatic rings. The van der Waals surface area contributed by atoms with Crippen LogP contribution in [0.25, 0.3) is 0 Å². The molecule has 1 aliphatic rings. The van der Waals surface area contributed by atoms with Crippen molar-refractivity contribution in [3.8, 4) is 0 Å². The number of piperidine rings is 1. The molecular formula is C18H20ClFN2OS. The van der Waals surface area contributed by atoms with E-state index < -0.39 is 5.82 Å². The van der Waals surface area contributed by atoms with E-state index in [-0.39, 0.29) is 10.9 Å². The lowest BCUT2D eigenvalue weighted by atomic mass is 9.96. The lowest BCUT2D eigenvalue weighted by Gasteiger charge is -2.31. The zero-order valence-electron chi connectivity index (χ0n) is 13.3. The van der Waals surface area contributed by atoms with Gasteiger partial charge in [0.15, 0.2) is 0 Å². The summed E-state index contributed by atoms with van der Waals surface area (Å²) in [6.07, 6.45) is 2.14. The maximum absolute atomic E-state index is 13.0. The zero-order valence-corrected chi connectivity index (χ0v) is 14.9. The third-order valence-corrected chi connectivity index (χ3v) is 5.47. The third kappa shape index (κ3) is 4.56. The number of rotatable bonds is 5. The van der Waals surface area contributed by atoms with Gasteiger partial charge in [-0.25, -0.2) is 4.39 Å². The Morgan fingerprint density at radius 3 is 2.79 bits per heavy atom. The van der Waals surface area contributed by atoms with Crippen LogP contribution in [0.1, 0.15) is 28.8 Å². The molecule has 6 heteroatoms. The molecule has 3 rings (SSSR count). The maximum atomic E-state index is 13.0. The van der Waals surface area contributed by atoms with E-state index >= 15 is 0 Å². The van der Waals surface area contributed by atoms with Gasteiger partial charge in [-0.2, -0.15) is 11.3 Å². The average Bonchev–Trinajstić information content (AvgIpc) is 3.07. The average molecular weight is 367 g/mol. The van der Waals surface area contributed by atoms with E-state index in [1.54, 1.807) is 11.3 Å². The van der Waals surface area contributed by atoms with E-state index in [4.69, 9.17) is 11.6 Å². The van der Waals surface area contributed by atoms with Crippen LogP contribution in [-0.4, -0.2) is 30.4 Å². The summed E-state index contributed by atoms with van der Waals surface area (Å²) in [7, 11) is 0. The second kappa shape index (κ2) is 8.10. The molecule has 0 atom stereocenters. The molecule has 0 spiro atoms. The van der Waals surface area contributed by atoms with Crippen molar-refractivity contribution in [1.29, 1.82) is 0 Å². The van der Waals surface area contributed by atoms with Crippen LogP contribution >= 0.6 is 22.9 Å². The van der Waals surface area contributed by atoms with Crippen molar-refractivity contribution in [2.45, 2.75) is 19.4 Å². The number of hydrogen-bond donors (Lipinski definition) is 1. The number of nitrogens with one attached hydrogen (secondary N) is 1. The summed E-state index contributed by atoms with van der Waals surface area (Å²) in [5.41, 5.74) is 1.70. The number of halogens is 2. The fourth-order valence-electron chi connectivity index (χ4n) is 3.00. The topological polar surface area (TPSA) is 32.3 Å². The Morgan fingerprint density at radius 2 is 2.12 bits per heavy atom. The van der Waals surface area contributed by atoms with Crippen molar-refractivity contribution in [3.05, 3.63) is 57.0 Å². The third-order valence-electron chi connectivity index (χ3n) is 4.42. The van der Waals surface area contributed by atoms with Gasteiger partial charge in [0.05, 0.1) is 10.6 Å². The molecule has 0 radical (unpaired) electrons. The van der Waals surface area contributed by atoms with Crippen LogP contribution in [0.5, 0.6) is 0 Å². The SMILES string of the molecule is O=C(NCC1CCN(Cc2ccsc2)CC1)c1ccc(F)cc1Cl. The summed E-state index contributed by atoms with van der Waals surface area (Å²) >= 11 is 7.66. The van der Waals surface area contributed by atoms with Crippen LogP contribution in [-0.2, 0) is 6.54 Å². The van der Waals surface area contributed by atoms with Gasteiger partial charge in [0.1, 0.15) is 5.82 Å². The molecule has 0 saturated carbocycles. The predicted molar refractivity (Wildman–Crippen MR) is 96.1 cm³/mol. The summed E-state index contributed by atoms with van der Waals surface area (Å²) in [5.74, 6) is -0.192. The van der Waals surface area contributed by atoms with Crippen LogP contribution in [0.4, 0.5) is 4.39 Å². The highest BCUT2D eigenvalue weighted by Crippen LogP contribution is 2.20. The Hall–Kier alpha value is -1.43. The molecule has 24 heavy (non-hydrogen) atoms. The van der Waals surface area contributed by atoms with Gasteiger partial charge in [-0.1, -0.05) is 11.6 Å². The van der Waals surface area contributed by atoms with Crippen LogP contribution < -0.4 is 5.32 Å². The molecule has 0 unspecified atom stereocenters. The number of benzene rings is 1. The Morgan fingerprint density at radius 1 is 1.33 bits per heavy atom. The smallest absolute Gasteiger partial charge is 0.252 e. The van der Waals surface area contributed by atoms with Crippen LogP contribution in [0.3, 0.4) is 0 Å². The minimum Gasteiger partial charge on any atom is -0.352 e. The fraction of sp³-hybridized carbons (Fsp3) is 0.389. The molecule has 128 valence electrons. The Bertz CT molecular complexity index is 684. The monoisotopic (exact) mass is 366 g/mol. The first-order chi connectivity index (χ1) is 11.6. The van der Waals surface area contributed by atoms with Crippen molar-refractivity contribution in [1.82, 2.24) is 10.2 Å². The molecule has 1 amide bonds. The Kier molecular flexibility index (Phi) is 5.87. The van der Waals surface area contributed by atoms with Gasteiger partial charge in [0, 0.05) is 13.1 Å². The van der Waals surface area contributed by atoms with Crippen LogP contribution in [0.2, 0.25) is 5.02 Å². The van der Waals surface area contributed by atoms with Gasteiger partial charge in [-0.15, -0.1) is 0 Å². The molecule has 1 aromatic heterocycles. The number of nitrogens with zero attached hydrogens (tertiary/aromatic N) is 1. The minimum absolute atomic E-state index is 0.151. The van der Waals surface area contributed by atoms with Gasteiger partial charge in [0.2, 0.25) is 0 Å². The van der Waals surface area contributed by atoms with Crippen molar-refractivity contribution in [2.75, 3.05) is 19.6 Å². The Labute approximate surface area is 150 Å². The maximum Gasteiger partial charge on any atom is 0.252 e. The van der Waals surface area contributed by atoms with Gasteiger partial charge in [-0.05, 0) is 72.4 Å². The van der Waals surface area contributed by atoms with Gasteiger partial charge in [-0.3, -0.25) is 9.69 Å². The number of amides is 1. The number of thiophene rings is 1. The van der Waals surface area contributed by atoms with Gasteiger partial charge >= 0.3 is 0 Å². The summed E-state index contributed by atoms with van der Waals surface area (Å²) in [6.45, 7) is 3.74. The van der Waals surface area contributed by atoms with Crippen LogP contribution in [0.15, 0.2) is 35.0 Å². The molecule has 1 N–H and O–H groups in total. The summed E-state index contributed by atoms with van der Waals surface area (Å²) in [5, 5.41) is 7.38. The van der Waals surface area contributed by atoms with Crippen LogP contribution in [0, 0.1) is 11.7 Å². The largest absolute Gasteiger partial charge is 0.352 e. The fourth-order valence-corrected chi connectivity index (χ4v) is 3.91. The molecule has 0 aliphatic carbocycles. The first-order valence-corrected chi connectivity index (χ1v) is 9.40. The second-order valence-electron chi connectivity index (χ2n) is 6.19.